The molecular formula is C16H30N4O2. The van der Waals surface area contributed by atoms with Gasteiger partial charge in [0.15, 0.2) is 5.96 Å². The van der Waals surface area contributed by atoms with E-state index in [0.29, 0.717) is 25.8 Å². The van der Waals surface area contributed by atoms with Gasteiger partial charge in [0.2, 0.25) is 5.91 Å². The topological polar surface area (TPSA) is 66.0 Å². The summed E-state index contributed by atoms with van der Waals surface area (Å²) in [4.78, 5) is 17.7. The maximum Gasteiger partial charge on any atom is 0.243 e. The molecule has 0 aromatic heterocycles. The SMILES string of the molecule is CCOCCNC(=NCC(=O)N(C)C)NC1CC2CCC1C2. The van der Waals surface area contributed by atoms with Crippen molar-refractivity contribution in [3.63, 3.8) is 0 Å². The first kappa shape index (κ1) is 17.1. The van der Waals surface area contributed by atoms with Gasteiger partial charge in [-0.1, -0.05) is 6.42 Å². The van der Waals surface area contributed by atoms with Crippen LogP contribution >= 0.6 is 0 Å². The Labute approximate surface area is 133 Å². The molecule has 1 amide bonds. The van der Waals surface area contributed by atoms with Crippen LogP contribution in [0.2, 0.25) is 0 Å². The molecule has 2 saturated carbocycles. The van der Waals surface area contributed by atoms with E-state index >= 15 is 0 Å². The summed E-state index contributed by atoms with van der Waals surface area (Å²) in [6, 6.07) is 0.506. The van der Waals surface area contributed by atoms with Gasteiger partial charge in [-0.15, -0.1) is 0 Å². The lowest BCUT2D eigenvalue weighted by atomic mass is 9.95. The van der Waals surface area contributed by atoms with Gasteiger partial charge >= 0.3 is 0 Å². The van der Waals surface area contributed by atoms with Gasteiger partial charge in [-0.3, -0.25) is 4.79 Å². The maximum absolute atomic E-state index is 11.7. The summed E-state index contributed by atoms with van der Waals surface area (Å²) < 4.78 is 5.35. The number of guanidine groups is 1. The van der Waals surface area contributed by atoms with E-state index in [4.69, 9.17) is 4.74 Å². The predicted molar refractivity (Wildman–Crippen MR) is 87.9 cm³/mol. The zero-order chi connectivity index (χ0) is 15.9. The Morgan fingerprint density at radius 3 is 2.73 bits per heavy atom. The van der Waals surface area contributed by atoms with E-state index in [1.54, 1.807) is 19.0 Å². The number of nitrogens with one attached hydrogen (secondary N) is 2. The molecule has 3 atom stereocenters. The third-order valence-corrected chi connectivity index (χ3v) is 4.67. The van der Waals surface area contributed by atoms with E-state index in [1.807, 2.05) is 6.92 Å². The predicted octanol–water partition coefficient (Wildman–Crippen LogP) is 0.835. The summed E-state index contributed by atoms with van der Waals surface area (Å²) in [7, 11) is 3.51. The second-order valence-corrected chi connectivity index (χ2v) is 6.50. The summed E-state index contributed by atoms with van der Waals surface area (Å²) in [5.41, 5.74) is 0. The van der Waals surface area contributed by atoms with Crippen LogP contribution in [0.25, 0.3) is 0 Å². The van der Waals surface area contributed by atoms with Crippen LogP contribution in [0.1, 0.15) is 32.6 Å². The third-order valence-electron chi connectivity index (χ3n) is 4.67. The highest BCUT2D eigenvalue weighted by molar-refractivity contribution is 5.85. The molecule has 0 saturated heterocycles. The molecular weight excluding hydrogens is 280 g/mol. The fourth-order valence-corrected chi connectivity index (χ4v) is 3.42. The van der Waals surface area contributed by atoms with E-state index < -0.39 is 0 Å². The van der Waals surface area contributed by atoms with E-state index in [9.17, 15) is 4.79 Å². The minimum absolute atomic E-state index is 0.0128. The number of aliphatic imine (C=N–C) groups is 1. The molecule has 22 heavy (non-hydrogen) atoms. The number of carbonyl (C=O) groups excluding carboxylic acids is 1. The van der Waals surface area contributed by atoms with E-state index in [0.717, 1.165) is 17.8 Å². The van der Waals surface area contributed by atoms with Crippen LogP contribution in [-0.4, -0.2) is 63.2 Å². The second-order valence-electron chi connectivity index (χ2n) is 6.50. The molecule has 2 N–H and O–H groups in total. The summed E-state index contributed by atoms with van der Waals surface area (Å²) in [5.74, 6) is 2.41. The van der Waals surface area contributed by atoms with Gasteiger partial charge < -0.3 is 20.3 Å². The molecule has 126 valence electrons. The van der Waals surface area contributed by atoms with Crippen molar-refractivity contribution in [2.45, 2.75) is 38.6 Å². The quantitative estimate of drug-likeness (QED) is 0.415. The molecule has 6 nitrogen and oxygen atoms in total. The Morgan fingerprint density at radius 2 is 2.14 bits per heavy atom. The van der Waals surface area contributed by atoms with Crippen LogP contribution < -0.4 is 10.6 Å². The highest BCUT2D eigenvalue weighted by Gasteiger charge is 2.39. The molecule has 0 aliphatic heterocycles. The lowest BCUT2D eigenvalue weighted by molar-refractivity contribution is -0.127. The summed E-state index contributed by atoms with van der Waals surface area (Å²) >= 11 is 0. The summed E-state index contributed by atoms with van der Waals surface area (Å²) in [6.07, 6.45) is 5.29. The van der Waals surface area contributed by atoms with Gasteiger partial charge in [-0.05, 0) is 38.0 Å². The van der Waals surface area contributed by atoms with Gasteiger partial charge in [0.25, 0.3) is 0 Å². The number of carbonyl (C=O) groups is 1. The molecule has 2 fully saturated rings. The molecule has 0 radical (unpaired) electrons. The van der Waals surface area contributed by atoms with Gasteiger partial charge in [-0.25, -0.2) is 4.99 Å². The molecule has 0 aromatic rings. The van der Waals surface area contributed by atoms with E-state index in [-0.39, 0.29) is 12.5 Å². The Balaban J connectivity index is 1.86. The standard InChI is InChI=1S/C16H30N4O2/c1-4-22-8-7-17-16(18-11-15(21)20(2)3)19-14-10-12-5-6-13(14)9-12/h12-14H,4-11H2,1-3H3,(H2,17,18,19). The van der Waals surface area contributed by atoms with Crippen LogP contribution in [0.5, 0.6) is 0 Å². The minimum Gasteiger partial charge on any atom is -0.380 e. The first-order valence-electron chi connectivity index (χ1n) is 8.43. The molecule has 0 heterocycles. The molecule has 2 rings (SSSR count). The number of amides is 1. The van der Waals surface area contributed by atoms with Crippen molar-refractivity contribution in [1.82, 2.24) is 15.5 Å². The van der Waals surface area contributed by atoms with Crippen LogP contribution in [0.4, 0.5) is 0 Å². The van der Waals surface area contributed by atoms with Crippen molar-refractivity contribution in [2.75, 3.05) is 40.4 Å². The Morgan fingerprint density at radius 1 is 1.32 bits per heavy atom. The summed E-state index contributed by atoms with van der Waals surface area (Å²) in [5, 5.41) is 6.81. The Kier molecular flexibility index (Phi) is 6.49. The molecule has 0 aromatic carbocycles. The third kappa shape index (κ3) is 4.87. The zero-order valence-electron chi connectivity index (χ0n) is 14.1. The molecule has 6 heteroatoms. The zero-order valence-corrected chi connectivity index (χ0v) is 14.1. The lowest BCUT2D eigenvalue weighted by Gasteiger charge is -2.25. The second kappa shape index (κ2) is 8.36. The van der Waals surface area contributed by atoms with Crippen LogP contribution in [-0.2, 0) is 9.53 Å². The largest absolute Gasteiger partial charge is 0.380 e. The van der Waals surface area contributed by atoms with E-state index in [1.165, 1.54) is 25.7 Å². The Hall–Kier alpha value is -1.30. The van der Waals surface area contributed by atoms with Gasteiger partial charge in [-0.2, -0.15) is 0 Å². The van der Waals surface area contributed by atoms with Crippen LogP contribution in [0.3, 0.4) is 0 Å². The minimum atomic E-state index is 0.0128. The highest BCUT2D eigenvalue weighted by Crippen LogP contribution is 2.44. The molecule has 3 unspecified atom stereocenters. The van der Waals surface area contributed by atoms with Gasteiger partial charge in [0.1, 0.15) is 6.54 Å². The van der Waals surface area contributed by atoms with Gasteiger partial charge in [0, 0.05) is 33.3 Å². The van der Waals surface area contributed by atoms with Crippen molar-refractivity contribution in [3.8, 4) is 0 Å². The maximum atomic E-state index is 11.7. The number of hydrogen-bond acceptors (Lipinski definition) is 3. The Bertz CT molecular complexity index is 398. The first-order valence-corrected chi connectivity index (χ1v) is 8.43. The number of nitrogens with zero attached hydrogens (tertiary/aromatic N) is 2. The normalized spacial score (nSPS) is 27.0. The lowest BCUT2D eigenvalue weighted by Crippen LogP contribution is -2.47. The highest BCUT2D eigenvalue weighted by atomic mass is 16.5. The van der Waals surface area contributed by atoms with Gasteiger partial charge in [0.05, 0.1) is 6.61 Å². The monoisotopic (exact) mass is 310 g/mol. The molecule has 0 spiro atoms. The first-order chi connectivity index (χ1) is 10.6. The van der Waals surface area contributed by atoms with Crippen molar-refractivity contribution in [1.29, 1.82) is 0 Å². The molecule has 2 aliphatic rings. The van der Waals surface area contributed by atoms with Crippen molar-refractivity contribution < 1.29 is 9.53 Å². The number of likely N-dealkylation sites (N-methyl/N-ethyl adjacent to an activating group) is 1. The molecule has 2 bridgehead atoms. The van der Waals surface area contributed by atoms with Crippen molar-refractivity contribution in [3.05, 3.63) is 0 Å². The fourth-order valence-electron chi connectivity index (χ4n) is 3.42. The van der Waals surface area contributed by atoms with Crippen LogP contribution in [0.15, 0.2) is 4.99 Å². The average Bonchev–Trinajstić information content (AvgIpc) is 3.10. The van der Waals surface area contributed by atoms with Crippen molar-refractivity contribution >= 4 is 11.9 Å². The average molecular weight is 310 g/mol. The number of ether oxygens (including phenoxy) is 1. The number of rotatable bonds is 7. The molecule has 2 aliphatic carbocycles. The number of fused-ring (bicyclic) bond motifs is 2. The van der Waals surface area contributed by atoms with Crippen molar-refractivity contribution in [2.24, 2.45) is 16.8 Å². The van der Waals surface area contributed by atoms with Crippen LogP contribution in [0, 0.1) is 11.8 Å². The number of hydrogen-bond donors (Lipinski definition) is 2. The fraction of sp³-hybridized carbons (Fsp3) is 0.875. The van der Waals surface area contributed by atoms with E-state index in [2.05, 4.69) is 15.6 Å². The smallest absolute Gasteiger partial charge is 0.243 e. The summed E-state index contributed by atoms with van der Waals surface area (Å²) in [6.45, 7) is 4.23.